The Morgan fingerprint density at radius 3 is 2.71 bits per heavy atom. The lowest BCUT2D eigenvalue weighted by molar-refractivity contribution is -0.139. The number of furan rings is 1. The molecule has 1 aliphatic rings. The molecule has 8 heteroatoms. The minimum atomic E-state index is -1.25. The molecule has 0 amide bonds. The number of carboxylic acids is 2. The second kappa shape index (κ2) is 4.92. The summed E-state index contributed by atoms with van der Waals surface area (Å²) in [4.78, 5) is 26.8. The van der Waals surface area contributed by atoms with Crippen LogP contribution in [-0.4, -0.2) is 31.7 Å². The summed E-state index contributed by atoms with van der Waals surface area (Å²) < 4.78 is 6.86. The number of aromatic nitrogens is 2. The molecule has 0 spiro atoms. The van der Waals surface area contributed by atoms with Gasteiger partial charge in [0.2, 0.25) is 0 Å². The highest BCUT2D eigenvalue weighted by Gasteiger charge is 2.35. The molecule has 1 unspecified atom stereocenters. The van der Waals surface area contributed by atoms with Crippen LogP contribution in [0.15, 0.2) is 16.5 Å². The van der Waals surface area contributed by atoms with E-state index in [-0.39, 0.29) is 16.6 Å². The van der Waals surface area contributed by atoms with E-state index in [4.69, 9.17) is 16.0 Å². The van der Waals surface area contributed by atoms with Crippen molar-refractivity contribution < 1.29 is 24.2 Å². The van der Waals surface area contributed by atoms with Crippen LogP contribution in [0.2, 0.25) is 5.22 Å². The number of aliphatic carboxylic acids is 1. The Balaban J connectivity index is 2.22. The summed E-state index contributed by atoms with van der Waals surface area (Å²) >= 11 is 5.73. The Bertz CT molecular complexity index is 733. The predicted molar refractivity (Wildman–Crippen MR) is 71.5 cm³/mol. The van der Waals surface area contributed by atoms with Crippen LogP contribution in [0.4, 0.5) is 0 Å². The maximum atomic E-state index is 11.4. The molecule has 0 fully saturated rings. The monoisotopic (exact) mass is 310 g/mol. The summed E-state index contributed by atoms with van der Waals surface area (Å²) in [6.45, 7) is 0.493. The molecular weight excluding hydrogens is 300 g/mol. The van der Waals surface area contributed by atoms with Gasteiger partial charge in [0.15, 0.2) is 22.5 Å². The minimum absolute atomic E-state index is 0.157. The fourth-order valence-electron chi connectivity index (χ4n) is 2.66. The van der Waals surface area contributed by atoms with Crippen molar-refractivity contribution in [3.05, 3.63) is 28.7 Å². The number of imidazole rings is 1. The van der Waals surface area contributed by atoms with Crippen molar-refractivity contribution in [2.24, 2.45) is 0 Å². The molecule has 2 aromatic rings. The van der Waals surface area contributed by atoms with Gasteiger partial charge in [-0.05, 0) is 36.6 Å². The van der Waals surface area contributed by atoms with Crippen LogP contribution in [-0.2, 0) is 11.3 Å². The number of aromatic carboxylic acids is 1. The van der Waals surface area contributed by atoms with Gasteiger partial charge in [-0.2, -0.15) is 0 Å². The summed E-state index contributed by atoms with van der Waals surface area (Å²) in [5.41, 5.74) is -0.0339. The van der Waals surface area contributed by atoms with Gasteiger partial charge >= 0.3 is 11.9 Å². The van der Waals surface area contributed by atoms with Gasteiger partial charge in [0.25, 0.3) is 0 Å². The van der Waals surface area contributed by atoms with Crippen molar-refractivity contribution in [1.29, 1.82) is 0 Å². The lowest BCUT2D eigenvalue weighted by Crippen LogP contribution is -2.24. The highest BCUT2D eigenvalue weighted by molar-refractivity contribution is 6.28. The summed E-state index contributed by atoms with van der Waals surface area (Å²) in [6, 6.07) is 3.10. The molecule has 110 valence electrons. The van der Waals surface area contributed by atoms with Crippen LogP contribution < -0.4 is 0 Å². The van der Waals surface area contributed by atoms with E-state index in [0.717, 1.165) is 0 Å². The number of hydrogen-bond donors (Lipinski definition) is 2. The van der Waals surface area contributed by atoms with E-state index in [1.807, 2.05) is 0 Å². The van der Waals surface area contributed by atoms with Gasteiger partial charge in [-0.15, -0.1) is 0 Å². The molecule has 2 aromatic heterocycles. The second-order valence-electron chi connectivity index (χ2n) is 4.76. The number of halogens is 1. The molecule has 1 atom stereocenters. The highest BCUT2D eigenvalue weighted by atomic mass is 35.5. The lowest BCUT2D eigenvalue weighted by Gasteiger charge is -2.22. The zero-order chi connectivity index (χ0) is 15.1. The van der Waals surface area contributed by atoms with Gasteiger partial charge in [0, 0.05) is 6.54 Å². The Morgan fingerprint density at radius 2 is 2.14 bits per heavy atom. The van der Waals surface area contributed by atoms with E-state index in [1.165, 1.54) is 6.07 Å². The van der Waals surface area contributed by atoms with Crippen LogP contribution in [0.3, 0.4) is 0 Å². The Morgan fingerprint density at radius 1 is 1.38 bits per heavy atom. The maximum Gasteiger partial charge on any atom is 0.356 e. The molecule has 0 saturated carbocycles. The summed E-state index contributed by atoms with van der Waals surface area (Å²) in [6.07, 6.45) is 1.01. The third-order valence-corrected chi connectivity index (χ3v) is 3.71. The highest BCUT2D eigenvalue weighted by Crippen LogP contribution is 2.35. The van der Waals surface area contributed by atoms with E-state index < -0.39 is 17.9 Å². The standard InChI is InChI=1S/C13H11ClN2O5/c14-8-4-3-7(21-8)11-15-9(13(19)20)10-6(12(17)18)2-1-5-16(10)11/h3-4,6H,1-2,5H2,(H,17,18)(H,19,20). The fourth-order valence-corrected chi connectivity index (χ4v) is 2.80. The van der Waals surface area contributed by atoms with Crippen LogP contribution >= 0.6 is 11.6 Å². The Kier molecular flexibility index (Phi) is 3.21. The van der Waals surface area contributed by atoms with E-state index in [1.54, 1.807) is 10.6 Å². The van der Waals surface area contributed by atoms with Crippen molar-refractivity contribution in [1.82, 2.24) is 9.55 Å². The summed E-state index contributed by atoms with van der Waals surface area (Å²) in [5.74, 6) is -2.57. The molecule has 0 radical (unpaired) electrons. The molecular formula is C13H11ClN2O5. The number of carboxylic acid groups (broad SMARTS) is 2. The lowest BCUT2D eigenvalue weighted by atomic mass is 9.94. The van der Waals surface area contributed by atoms with Crippen molar-refractivity contribution in [2.45, 2.75) is 25.3 Å². The molecule has 0 aliphatic carbocycles. The van der Waals surface area contributed by atoms with Crippen LogP contribution in [0.5, 0.6) is 0 Å². The first-order valence-electron chi connectivity index (χ1n) is 6.31. The molecule has 2 N–H and O–H groups in total. The van der Waals surface area contributed by atoms with Gasteiger partial charge in [0.05, 0.1) is 11.6 Å². The molecule has 1 aliphatic heterocycles. The van der Waals surface area contributed by atoms with Crippen molar-refractivity contribution in [3.63, 3.8) is 0 Å². The van der Waals surface area contributed by atoms with Gasteiger partial charge in [-0.3, -0.25) is 4.79 Å². The van der Waals surface area contributed by atoms with E-state index in [0.29, 0.717) is 31.0 Å². The molecule has 0 saturated heterocycles. The molecule has 3 heterocycles. The number of hydrogen-bond acceptors (Lipinski definition) is 4. The van der Waals surface area contributed by atoms with Gasteiger partial charge < -0.3 is 19.2 Å². The van der Waals surface area contributed by atoms with Crippen LogP contribution in [0.1, 0.15) is 34.9 Å². The summed E-state index contributed by atoms with van der Waals surface area (Å²) in [5, 5.41) is 18.7. The topological polar surface area (TPSA) is 106 Å². The first kappa shape index (κ1) is 13.7. The Hall–Kier alpha value is -2.28. The number of nitrogens with zero attached hydrogens (tertiary/aromatic N) is 2. The molecule has 0 bridgehead atoms. The third kappa shape index (κ3) is 2.19. The second-order valence-corrected chi connectivity index (χ2v) is 5.14. The number of carbonyl (C=O) groups is 2. The molecule has 21 heavy (non-hydrogen) atoms. The number of rotatable bonds is 3. The van der Waals surface area contributed by atoms with E-state index >= 15 is 0 Å². The summed E-state index contributed by atoms with van der Waals surface area (Å²) in [7, 11) is 0. The molecule has 0 aromatic carbocycles. The minimum Gasteiger partial charge on any atom is -0.481 e. The predicted octanol–water partition coefficient (Wildman–Crippen LogP) is 2.46. The van der Waals surface area contributed by atoms with Crippen molar-refractivity contribution in [2.75, 3.05) is 0 Å². The van der Waals surface area contributed by atoms with Crippen molar-refractivity contribution >= 4 is 23.5 Å². The van der Waals surface area contributed by atoms with Crippen molar-refractivity contribution in [3.8, 4) is 11.6 Å². The van der Waals surface area contributed by atoms with E-state index in [2.05, 4.69) is 4.98 Å². The molecule has 3 rings (SSSR count). The molecule has 7 nitrogen and oxygen atoms in total. The number of fused-ring (bicyclic) bond motifs is 1. The normalized spacial score (nSPS) is 17.5. The average molecular weight is 311 g/mol. The third-order valence-electron chi connectivity index (χ3n) is 3.51. The fraction of sp³-hybridized carbons (Fsp3) is 0.308. The van der Waals surface area contributed by atoms with Crippen LogP contribution in [0.25, 0.3) is 11.6 Å². The first-order valence-corrected chi connectivity index (χ1v) is 6.69. The van der Waals surface area contributed by atoms with E-state index in [9.17, 15) is 19.8 Å². The quantitative estimate of drug-likeness (QED) is 0.902. The SMILES string of the molecule is O=C(O)c1nc(-c2ccc(Cl)o2)n2c1C(C(=O)O)CCC2. The maximum absolute atomic E-state index is 11.4. The zero-order valence-corrected chi connectivity index (χ0v) is 11.5. The first-order chi connectivity index (χ1) is 9.99. The zero-order valence-electron chi connectivity index (χ0n) is 10.7. The average Bonchev–Trinajstić information content (AvgIpc) is 3.01. The largest absolute Gasteiger partial charge is 0.481 e. The smallest absolute Gasteiger partial charge is 0.356 e. The van der Waals surface area contributed by atoms with Gasteiger partial charge in [-0.1, -0.05) is 0 Å². The Labute approximate surface area is 123 Å². The van der Waals surface area contributed by atoms with Gasteiger partial charge in [0.1, 0.15) is 0 Å². The van der Waals surface area contributed by atoms with Gasteiger partial charge in [-0.25, -0.2) is 9.78 Å². The van der Waals surface area contributed by atoms with Crippen LogP contribution in [0, 0.1) is 0 Å².